The predicted octanol–water partition coefficient (Wildman–Crippen LogP) is 2.98. The number of carboxylic acid groups (broad SMARTS) is 1. The Balaban J connectivity index is 1.49. The average molecular weight is 396 g/mol. The number of benzene rings is 2. The van der Waals surface area contributed by atoms with Crippen LogP contribution in [0.25, 0.3) is 6.08 Å². The first-order valence-corrected chi connectivity index (χ1v) is 9.38. The second-order valence-corrected chi connectivity index (χ2v) is 7.15. The topological polar surface area (TPSA) is 97.2 Å². The van der Waals surface area contributed by atoms with Crippen molar-refractivity contribution >= 4 is 40.6 Å². The van der Waals surface area contributed by atoms with Gasteiger partial charge in [-0.2, -0.15) is 0 Å². The molecule has 2 aromatic rings. The number of ether oxygens (including phenoxy) is 2. The molecule has 1 saturated heterocycles. The lowest BCUT2D eigenvalue weighted by Crippen LogP contribution is -2.19. The molecule has 2 N–H and O–H groups in total. The van der Waals surface area contributed by atoms with Crippen molar-refractivity contribution < 1.29 is 24.2 Å². The summed E-state index contributed by atoms with van der Waals surface area (Å²) in [5, 5.41) is 12.0. The van der Waals surface area contributed by atoms with Crippen LogP contribution in [0.1, 0.15) is 11.1 Å². The summed E-state index contributed by atoms with van der Waals surface area (Å²) >= 11 is 1.24. The monoisotopic (exact) mass is 396 g/mol. The third-order valence-electron chi connectivity index (χ3n) is 4.04. The molecule has 28 heavy (non-hydrogen) atoms. The fourth-order valence-corrected chi connectivity index (χ4v) is 3.60. The highest BCUT2D eigenvalue weighted by molar-refractivity contribution is 8.18. The minimum Gasteiger partial charge on any atom is -0.486 e. The van der Waals surface area contributed by atoms with E-state index in [1.54, 1.807) is 30.3 Å². The molecule has 8 heteroatoms. The second kappa shape index (κ2) is 7.77. The molecule has 0 spiro atoms. The molecule has 7 nitrogen and oxygen atoms in total. The third kappa shape index (κ3) is 4.17. The number of aliphatic imine (C=N–C) groups is 1. The van der Waals surface area contributed by atoms with E-state index < -0.39 is 5.97 Å². The zero-order valence-corrected chi connectivity index (χ0v) is 15.5. The number of carbonyl (C=O) groups excluding carboxylic acids is 1. The van der Waals surface area contributed by atoms with Crippen LogP contribution in [0, 0.1) is 0 Å². The van der Waals surface area contributed by atoms with E-state index in [1.165, 1.54) is 11.8 Å². The van der Waals surface area contributed by atoms with E-state index in [0.29, 0.717) is 46.0 Å². The van der Waals surface area contributed by atoms with Gasteiger partial charge >= 0.3 is 5.97 Å². The van der Waals surface area contributed by atoms with E-state index >= 15 is 0 Å². The quantitative estimate of drug-likeness (QED) is 0.771. The molecule has 1 fully saturated rings. The number of hydrogen-bond acceptors (Lipinski definition) is 6. The molecule has 2 aliphatic rings. The molecular formula is C20H16N2O5S. The lowest BCUT2D eigenvalue weighted by Gasteiger charge is -2.18. The summed E-state index contributed by atoms with van der Waals surface area (Å²) < 4.78 is 11.1. The van der Waals surface area contributed by atoms with Gasteiger partial charge in [0.1, 0.15) is 13.2 Å². The number of carboxylic acids is 1. The molecule has 0 aromatic heterocycles. The van der Waals surface area contributed by atoms with Crippen molar-refractivity contribution in [3.05, 3.63) is 58.5 Å². The van der Waals surface area contributed by atoms with Crippen LogP contribution in [-0.2, 0) is 16.0 Å². The van der Waals surface area contributed by atoms with E-state index in [-0.39, 0.29) is 12.3 Å². The summed E-state index contributed by atoms with van der Waals surface area (Å²) in [4.78, 5) is 27.9. The molecule has 0 radical (unpaired) electrons. The van der Waals surface area contributed by atoms with Gasteiger partial charge in [-0.1, -0.05) is 18.2 Å². The maximum Gasteiger partial charge on any atom is 0.307 e. The van der Waals surface area contributed by atoms with Crippen molar-refractivity contribution in [3.8, 4) is 11.5 Å². The molecule has 0 unspecified atom stereocenters. The van der Waals surface area contributed by atoms with Crippen molar-refractivity contribution in [1.82, 2.24) is 5.32 Å². The van der Waals surface area contributed by atoms with E-state index in [4.69, 9.17) is 14.6 Å². The average Bonchev–Trinajstić information content (AvgIpc) is 3.02. The van der Waals surface area contributed by atoms with Crippen LogP contribution in [0.2, 0.25) is 0 Å². The molecule has 2 heterocycles. The Morgan fingerprint density at radius 2 is 1.89 bits per heavy atom. The SMILES string of the molecule is O=C(O)Cc1ccc(N=C2NC(=O)C(=Cc3ccc4c(c3)OCCO4)S2)cc1. The number of nitrogens with one attached hydrogen (secondary N) is 1. The molecule has 0 aliphatic carbocycles. The Morgan fingerprint density at radius 1 is 1.14 bits per heavy atom. The summed E-state index contributed by atoms with van der Waals surface area (Å²) in [7, 11) is 0. The lowest BCUT2D eigenvalue weighted by atomic mass is 10.1. The zero-order valence-electron chi connectivity index (χ0n) is 14.7. The summed E-state index contributed by atoms with van der Waals surface area (Å²) in [6, 6.07) is 12.4. The Morgan fingerprint density at radius 3 is 2.64 bits per heavy atom. The van der Waals surface area contributed by atoms with Gasteiger partial charge in [0.25, 0.3) is 5.91 Å². The van der Waals surface area contributed by atoms with E-state index in [2.05, 4.69) is 10.3 Å². The number of rotatable bonds is 4. The van der Waals surface area contributed by atoms with Crippen LogP contribution >= 0.6 is 11.8 Å². The number of aliphatic carboxylic acids is 1. The summed E-state index contributed by atoms with van der Waals surface area (Å²) in [5.41, 5.74) is 2.16. The van der Waals surface area contributed by atoms with E-state index in [9.17, 15) is 9.59 Å². The van der Waals surface area contributed by atoms with E-state index in [0.717, 1.165) is 5.56 Å². The first kappa shape index (κ1) is 18.1. The van der Waals surface area contributed by atoms with Crippen LogP contribution in [0.3, 0.4) is 0 Å². The molecule has 142 valence electrons. The maximum atomic E-state index is 12.2. The largest absolute Gasteiger partial charge is 0.486 e. The standard InChI is InChI=1S/C20H16N2O5S/c23-18(24)11-12-1-4-14(5-2-12)21-20-22-19(25)17(28-20)10-13-3-6-15-16(9-13)27-8-7-26-15/h1-6,9-10H,7-8,11H2,(H,23,24)(H,21,22,25). The van der Waals surface area contributed by atoms with Crippen molar-refractivity contribution in [2.75, 3.05) is 13.2 Å². The van der Waals surface area contributed by atoms with Crippen molar-refractivity contribution in [1.29, 1.82) is 0 Å². The van der Waals surface area contributed by atoms with Gasteiger partial charge in [0, 0.05) is 0 Å². The van der Waals surface area contributed by atoms with Gasteiger partial charge in [0.15, 0.2) is 16.7 Å². The fraction of sp³-hybridized carbons (Fsp3) is 0.150. The highest BCUT2D eigenvalue weighted by atomic mass is 32.2. The fourth-order valence-electron chi connectivity index (χ4n) is 2.76. The van der Waals surface area contributed by atoms with Gasteiger partial charge in [0.2, 0.25) is 0 Å². The Labute approximate surface area is 165 Å². The van der Waals surface area contributed by atoms with Gasteiger partial charge < -0.3 is 19.9 Å². The highest BCUT2D eigenvalue weighted by Crippen LogP contribution is 2.33. The first-order valence-electron chi connectivity index (χ1n) is 8.57. The predicted molar refractivity (Wildman–Crippen MR) is 106 cm³/mol. The number of amides is 1. The van der Waals surface area contributed by atoms with Crippen LogP contribution in [0.5, 0.6) is 11.5 Å². The molecule has 1 amide bonds. The molecule has 0 bridgehead atoms. The summed E-state index contributed by atoms with van der Waals surface area (Å²) in [6.07, 6.45) is 1.74. The van der Waals surface area contributed by atoms with Gasteiger partial charge in [-0.05, 0) is 53.2 Å². The number of amidine groups is 1. The van der Waals surface area contributed by atoms with E-state index in [1.807, 2.05) is 18.2 Å². The smallest absolute Gasteiger partial charge is 0.307 e. The summed E-state index contributed by atoms with van der Waals surface area (Å²) in [6.45, 7) is 1.03. The van der Waals surface area contributed by atoms with Gasteiger partial charge in [-0.25, -0.2) is 4.99 Å². The van der Waals surface area contributed by atoms with Gasteiger partial charge in [-0.15, -0.1) is 0 Å². The molecule has 2 aliphatic heterocycles. The number of thioether (sulfide) groups is 1. The Kier molecular flexibility index (Phi) is 5.03. The number of fused-ring (bicyclic) bond motifs is 1. The summed E-state index contributed by atoms with van der Waals surface area (Å²) in [5.74, 6) is 0.262. The number of hydrogen-bond donors (Lipinski definition) is 2. The van der Waals surface area contributed by atoms with Crippen LogP contribution in [-0.4, -0.2) is 35.4 Å². The number of carbonyl (C=O) groups is 2. The van der Waals surface area contributed by atoms with Crippen LogP contribution in [0.15, 0.2) is 52.4 Å². The molecule has 0 saturated carbocycles. The molecule has 0 atom stereocenters. The normalized spacial score (nSPS) is 18.4. The van der Waals surface area contributed by atoms with Crippen molar-refractivity contribution in [2.24, 2.45) is 4.99 Å². The molecule has 2 aromatic carbocycles. The Hall–Kier alpha value is -3.26. The minimum absolute atomic E-state index is 0.0369. The minimum atomic E-state index is -0.883. The highest BCUT2D eigenvalue weighted by Gasteiger charge is 2.24. The second-order valence-electron chi connectivity index (χ2n) is 6.12. The Bertz CT molecular complexity index is 998. The van der Waals surface area contributed by atoms with Crippen molar-refractivity contribution in [2.45, 2.75) is 6.42 Å². The third-order valence-corrected chi connectivity index (χ3v) is 4.95. The van der Waals surface area contributed by atoms with Crippen molar-refractivity contribution in [3.63, 3.8) is 0 Å². The zero-order chi connectivity index (χ0) is 19.5. The van der Waals surface area contributed by atoms with Crippen LogP contribution in [0.4, 0.5) is 5.69 Å². The first-order chi connectivity index (χ1) is 13.6. The molecular weight excluding hydrogens is 380 g/mol. The van der Waals surface area contributed by atoms with Gasteiger partial charge in [-0.3, -0.25) is 9.59 Å². The molecule has 4 rings (SSSR count). The maximum absolute atomic E-state index is 12.2. The lowest BCUT2D eigenvalue weighted by molar-refractivity contribution is -0.136. The van der Waals surface area contributed by atoms with Crippen LogP contribution < -0.4 is 14.8 Å². The number of nitrogens with zero attached hydrogens (tertiary/aromatic N) is 1. The van der Waals surface area contributed by atoms with Gasteiger partial charge in [0.05, 0.1) is 17.0 Å².